The molecule has 1 unspecified atom stereocenters. The Hall–Kier alpha value is -0.620. The number of rotatable bonds is 3. The minimum atomic E-state index is -2.78. The second-order valence-electron chi connectivity index (χ2n) is 6.44. The Morgan fingerprint density at radius 1 is 1.23 bits per heavy atom. The van der Waals surface area contributed by atoms with Crippen molar-refractivity contribution >= 4 is 21.4 Å². The molecule has 22 heavy (non-hydrogen) atoms. The van der Waals surface area contributed by atoms with Crippen LogP contribution in [0.15, 0.2) is 18.2 Å². The molecule has 0 amide bonds. The van der Waals surface area contributed by atoms with Crippen LogP contribution < -0.4 is 0 Å². The van der Waals surface area contributed by atoms with Crippen molar-refractivity contribution in [3.05, 3.63) is 34.3 Å². The van der Waals surface area contributed by atoms with Crippen LogP contribution in [0, 0.1) is 6.92 Å². The Morgan fingerprint density at radius 3 is 2.55 bits per heavy atom. The van der Waals surface area contributed by atoms with Crippen LogP contribution >= 0.6 is 11.6 Å². The molecule has 1 aromatic rings. The van der Waals surface area contributed by atoms with Gasteiger partial charge in [0.25, 0.3) is 0 Å². The van der Waals surface area contributed by atoms with Crippen molar-refractivity contribution in [3.8, 4) is 0 Å². The van der Waals surface area contributed by atoms with Gasteiger partial charge in [-0.1, -0.05) is 17.7 Å². The third kappa shape index (κ3) is 3.82. The summed E-state index contributed by atoms with van der Waals surface area (Å²) in [4.78, 5) is 4.80. The van der Waals surface area contributed by atoms with Gasteiger partial charge in [-0.25, -0.2) is 8.42 Å². The van der Waals surface area contributed by atoms with E-state index >= 15 is 0 Å². The van der Waals surface area contributed by atoms with Crippen LogP contribution in [0.3, 0.4) is 0 Å². The van der Waals surface area contributed by atoms with E-state index in [0.29, 0.717) is 11.5 Å². The summed E-state index contributed by atoms with van der Waals surface area (Å²) >= 11 is 6.01. The standard InChI is InChI=1S/C16H23ClN2O2S/c1-13-10-15(17)3-2-14(13)11-18-5-7-19(8-6-18)16-4-9-22(20,21)12-16/h2-3,10,16H,4-9,11-12H2,1H3. The van der Waals surface area contributed by atoms with Crippen molar-refractivity contribution in [3.63, 3.8) is 0 Å². The minimum absolute atomic E-state index is 0.240. The van der Waals surface area contributed by atoms with Crippen LogP contribution in [0.2, 0.25) is 5.02 Å². The molecule has 2 aliphatic heterocycles. The highest BCUT2D eigenvalue weighted by molar-refractivity contribution is 7.91. The first-order valence-corrected chi connectivity index (χ1v) is 10.0. The van der Waals surface area contributed by atoms with Gasteiger partial charge in [0.05, 0.1) is 11.5 Å². The lowest BCUT2D eigenvalue weighted by atomic mass is 10.1. The van der Waals surface area contributed by atoms with E-state index in [1.54, 1.807) is 0 Å². The maximum Gasteiger partial charge on any atom is 0.151 e. The third-order valence-corrected chi connectivity index (χ3v) is 6.82. The average molecular weight is 343 g/mol. The van der Waals surface area contributed by atoms with E-state index < -0.39 is 9.84 Å². The monoisotopic (exact) mass is 342 g/mol. The molecule has 0 bridgehead atoms. The molecule has 2 heterocycles. The Labute approximate surface area is 138 Å². The molecule has 2 aliphatic rings. The first-order chi connectivity index (χ1) is 10.4. The van der Waals surface area contributed by atoms with E-state index in [-0.39, 0.29) is 6.04 Å². The molecule has 3 rings (SSSR count). The molecule has 0 saturated carbocycles. The molecule has 0 aromatic heterocycles. The number of hydrogen-bond donors (Lipinski definition) is 0. The molecule has 2 saturated heterocycles. The molecule has 0 radical (unpaired) electrons. The van der Waals surface area contributed by atoms with Crippen molar-refractivity contribution in [2.45, 2.75) is 25.9 Å². The van der Waals surface area contributed by atoms with E-state index in [1.165, 1.54) is 11.1 Å². The third-order valence-electron chi connectivity index (χ3n) is 4.83. The van der Waals surface area contributed by atoms with Crippen molar-refractivity contribution in [1.82, 2.24) is 9.80 Å². The Kier molecular flexibility index (Phi) is 4.78. The molecule has 6 heteroatoms. The molecule has 0 aliphatic carbocycles. The van der Waals surface area contributed by atoms with Gasteiger partial charge in [0.2, 0.25) is 0 Å². The van der Waals surface area contributed by atoms with Crippen LogP contribution in [0.5, 0.6) is 0 Å². The SMILES string of the molecule is Cc1cc(Cl)ccc1CN1CCN(C2CCS(=O)(=O)C2)CC1. The Balaban J connectivity index is 1.54. The highest BCUT2D eigenvalue weighted by Crippen LogP contribution is 2.21. The van der Waals surface area contributed by atoms with Crippen molar-refractivity contribution in [1.29, 1.82) is 0 Å². The molecule has 4 nitrogen and oxygen atoms in total. The zero-order chi connectivity index (χ0) is 15.7. The topological polar surface area (TPSA) is 40.6 Å². The van der Waals surface area contributed by atoms with Gasteiger partial charge in [0, 0.05) is 43.8 Å². The van der Waals surface area contributed by atoms with Gasteiger partial charge in [-0.05, 0) is 36.6 Å². The van der Waals surface area contributed by atoms with Crippen LogP contribution in [0.25, 0.3) is 0 Å². The summed E-state index contributed by atoms with van der Waals surface area (Å²) in [5, 5.41) is 0.786. The highest BCUT2D eigenvalue weighted by Gasteiger charge is 2.33. The summed E-state index contributed by atoms with van der Waals surface area (Å²) in [6.07, 6.45) is 0.804. The molecule has 2 fully saturated rings. The van der Waals surface area contributed by atoms with Crippen molar-refractivity contribution in [2.24, 2.45) is 0 Å². The smallest absolute Gasteiger partial charge is 0.151 e. The van der Waals surface area contributed by atoms with E-state index in [1.807, 2.05) is 12.1 Å². The Bertz CT molecular complexity index is 640. The first kappa shape index (κ1) is 16.2. The summed E-state index contributed by atoms with van der Waals surface area (Å²) in [6, 6.07) is 6.30. The van der Waals surface area contributed by atoms with Gasteiger partial charge in [0.15, 0.2) is 9.84 Å². The second kappa shape index (κ2) is 6.48. The lowest BCUT2D eigenvalue weighted by Gasteiger charge is -2.37. The summed E-state index contributed by atoms with van der Waals surface area (Å²) in [5.41, 5.74) is 2.55. The molecule has 0 N–H and O–H groups in total. The summed E-state index contributed by atoms with van der Waals surface area (Å²) in [7, 11) is -2.78. The van der Waals surface area contributed by atoms with Crippen LogP contribution in [0.4, 0.5) is 0 Å². The summed E-state index contributed by atoms with van der Waals surface area (Å²) in [5.74, 6) is 0.713. The van der Waals surface area contributed by atoms with Gasteiger partial charge >= 0.3 is 0 Å². The number of piperazine rings is 1. The maximum absolute atomic E-state index is 11.6. The minimum Gasteiger partial charge on any atom is -0.297 e. The van der Waals surface area contributed by atoms with E-state index in [0.717, 1.165) is 44.2 Å². The highest BCUT2D eigenvalue weighted by atomic mass is 35.5. The lowest BCUT2D eigenvalue weighted by Crippen LogP contribution is -2.50. The van der Waals surface area contributed by atoms with Gasteiger partial charge in [-0.2, -0.15) is 0 Å². The number of nitrogens with zero attached hydrogens (tertiary/aromatic N) is 2. The zero-order valence-corrected chi connectivity index (χ0v) is 14.5. The molecule has 1 aromatic carbocycles. The van der Waals surface area contributed by atoms with Crippen molar-refractivity contribution < 1.29 is 8.42 Å². The fourth-order valence-electron chi connectivity index (χ4n) is 3.43. The molecule has 0 spiro atoms. The number of hydrogen-bond acceptors (Lipinski definition) is 4. The molecular weight excluding hydrogens is 320 g/mol. The quantitative estimate of drug-likeness (QED) is 0.842. The number of sulfone groups is 1. The molecule has 1 atom stereocenters. The largest absolute Gasteiger partial charge is 0.297 e. The van der Waals surface area contributed by atoms with Crippen LogP contribution in [-0.2, 0) is 16.4 Å². The van der Waals surface area contributed by atoms with Gasteiger partial charge in [-0.15, -0.1) is 0 Å². The number of aryl methyl sites for hydroxylation is 1. The predicted octanol–water partition coefficient (Wildman–Crippen LogP) is 1.95. The normalized spacial score (nSPS) is 26.4. The van der Waals surface area contributed by atoms with E-state index in [4.69, 9.17) is 11.6 Å². The van der Waals surface area contributed by atoms with E-state index in [2.05, 4.69) is 22.8 Å². The summed E-state index contributed by atoms with van der Waals surface area (Å²) < 4.78 is 23.2. The predicted molar refractivity (Wildman–Crippen MR) is 90.1 cm³/mol. The fourth-order valence-corrected chi connectivity index (χ4v) is 5.42. The van der Waals surface area contributed by atoms with E-state index in [9.17, 15) is 8.42 Å². The first-order valence-electron chi connectivity index (χ1n) is 7.85. The van der Waals surface area contributed by atoms with Gasteiger partial charge < -0.3 is 0 Å². The van der Waals surface area contributed by atoms with Crippen LogP contribution in [-0.4, -0.2) is 61.9 Å². The summed E-state index contributed by atoms with van der Waals surface area (Å²) in [6.45, 7) is 6.97. The zero-order valence-electron chi connectivity index (χ0n) is 13.0. The van der Waals surface area contributed by atoms with Gasteiger partial charge in [-0.3, -0.25) is 9.80 Å². The molecular formula is C16H23ClN2O2S. The maximum atomic E-state index is 11.6. The fraction of sp³-hybridized carbons (Fsp3) is 0.625. The number of benzene rings is 1. The average Bonchev–Trinajstić information content (AvgIpc) is 2.83. The van der Waals surface area contributed by atoms with Crippen molar-refractivity contribution in [2.75, 3.05) is 37.7 Å². The Morgan fingerprint density at radius 2 is 1.95 bits per heavy atom. The van der Waals surface area contributed by atoms with Gasteiger partial charge in [0.1, 0.15) is 0 Å². The lowest BCUT2D eigenvalue weighted by molar-refractivity contribution is 0.0999. The number of halogens is 1. The van der Waals surface area contributed by atoms with Crippen LogP contribution in [0.1, 0.15) is 17.5 Å². The second-order valence-corrected chi connectivity index (χ2v) is 9.10. The molecule has 122 valence electrons.